The third-order valence-electron chi connectivity index (χ3n) is 3.63. The lowest BCUT2D eigenvalue weighted by Crippen LogP contribution is -2.58. The molecule has 0 radical (unpaired) electrons. The van der Waals surface area contributed by atoms with E-state index in [0.29, 0.717) is 0 Å². The Hall–Kier alpha value is -2.50. The Balaban J connectivity index is 2.11. The number of phenols is 1. The van der Waals surface area contributed by atoms with Gasteiger partial charge in [0.25, 0.3) is 0 Å². The van der Waals surface area contributed by atoms with E-state index in [1.54, 1.807) is 0 Å². The van der Waals surface area contributed by atoms with E-state index < -0.39 is 36.5 Å². The molecule has 2 amide bonds. The van der Waals surface area contributed by atoms with Gasteiger partial charge in [-0.15, -0.1) is 0 Å². The summed E-state index contributed by atoms with van der Waals surface area (Å²) in [5.41, 5.74) is 1.30. The molecule has 0 aliphatic carbocycles. The molecular formula is C13H17BN2O8. The van der Waals surface area contributed by atoms with Gasteiger partial charge in [-0.2, -0.15) is 0 Å². The highest BCUT2D eigenvalue weighted by Gasteiger charge is 2.33. The number of urea groups is 1. The first-order valence-electron chi connectivity index (χ1n) is 7.13. The highest BCUT2D eigenvalue weighted by Crippen LogP contribution is 2.33. The van der Waals surface area contributed by atoms with Crippen LogP contribution < -0.4 is 10.2 Å². The van der Waals surface area contributed by atoms with Crippen molar-refractivity contribution in [2.75, 3.05) is 13.1 Å². The Morgan fingerprint density at radius 2 is 2.00 bits per heavy atom. The highest BCUT2D eigenvalue weighted by atomic mass is 16.5. The lowest BCUT2D eigenvalue weighted by atomic mass is 9.82. The summed E-state index contributed by atoms with van der Waals surface area (Å²) in [6.07, 6.45) is -0.441. The number of likely N-dealkylation sites (tertiary alicyclic amines) is 1. The van der Waals surface area contributed by atoms with E-state index in [1.807, 2.05) is 0 Å². The zero-order valence-corrected chi connectivity index (χ0v) is 12.5. The van der Waals surface area contributed by atoms with Gasteiger partial charge < -0.3 is 29.9 Å². The number of aryl methyl sites for hydroxylation is 1. The summed E-state index contributed by atoms with van der Waals surface area (Å²) >= 11 is 0. The summed E-state index contributed by atoms with van der Waals surface area (Å²) in [6.45, 7) is 0.315. The quantitative estimate of drug-likeness (QED) is 0.224. The molecule has 24 heavy (non-hydrogen) atoms. The third-order valence-corrected chi connectivity index (χ3v) is 3.63. The molecule has 0 bridgehead atoms. The van der Waals surface area contributed by atoms with Crippen LogP contribution in [0, 0.1) is 0 Å². The monoisotopic (exact) mass is 340 g/mol. The number of benzene rings is 1. The van der Waals surface area contributed by atoms with Crippen LogP contribution in [0.4, 0.5) is 4.79 Å². The molecule has 0 unspecified atom stereocenters. The fraction of sp³-hybridized carbons (Fsp3) is 0.385. The fourth-order valence-corrected chi connectivity index (χ4v) is 2.34. The summed E-state index contributed by atoms with van der Waals surface area (Å²) < 4.78 is 5.49. The van der Waals surface area contributed by atoms with Gasteiger partial charge in [0.15, 0.2) is 0 Å². The molecule has 1 saturated heterocycles. The van der Waals surface area contributed by atoms with Gasteiger partial charge in [0.1, 0.15) is 23.2 Å². The zero-order valence-electron chi connectivity index (χ0n) is 12.5. The number of aromatic hydroxyl groups is 1. The van der Waals surface area contributed by atoms with E-state index in [-0.39, 0.29) is 37.1 Å². The van der Waals surface area contributed by atoms with Crippen molar-refractivity contribution in [2.24, 2.45) is 0 Å². The molecule has 1 aliphatic rings. The van der Waals surface area contributed by atoms with Gasteiger partial charge >= 0.3 is 19.1 Å². The summed E-state index contributed by atoms with van der Waals surface area (Å²) in [7, 11) is -1.56. The number of nitrogens with zero attached hydrogens (tertiary/aromatic N) is 1. The molecule has 130 valence electrons. The van der Waals surface area contributed by atoms with Gasteiger partial charge in [-0.1, -0.05) is 6.07 Å². The van der Waals surface area contributed by atoms with Crippen LogP contribution in [0.5, 0.6) is 11.5 Å². The molecule has 2 rings (SSSR count). The van der Waals surface area contributed by atoms with Gasteiger partial charge in [-0.3, -0.25) is 5.21 Å². The molecule has 11 heteroatoms. The number of carboxylic acid groups (broad SMARTS) is 1. The molecule has 1 aromatic rings. The van der Waals surface area contributed by atoms with Gasteiger partial charge in [0.05, 0.1) is 13.1 Å². The van der Waals surface area contributed by atoms with Crippen molar-refractivity contribution in [3.8, 4) is 11.5 Å². The first-order valence-corrected chi connectivity index (χ1v) is 7.13. The Kier molecular flexibility index (Phi) is 5.49. The lowest BCUT2D eigenvalue weighted by Gasteiger charge is -2.38. The number of carbonyl (C=O) groups is 2. The summed E-state index contributed by atoms with van der Waals surface area (Å²) in [5, 5.41) is 45.6. The minimum Gasteiger partial charge on any atom is -0.507 e. The smallest absolute Gasteiger partial charge is 0.451 e. The number of hydrogen-bond acceptors (Lipinski definition) is 7. The van der Waals surface area contributed by atoms with E-state index in [2.05, 4.69) is 0 Å². The minimum atomic E-state index is -1.56. The largest absolute Gasteiger partial charge is 0.507 e. The fourth-order valence-electron chi connectivity index (χ4n) is 2.34. The van der Waals surface area contributed by atoms with Crippen LogP contribution in [-0.2, 0) is 6.42 Å². The maximum absolute atomic E-state index is 11.4. The van der Waals surface area contributed by atoms with Crippen molar-refractivity contribution < 1.29 is 39.8 Å². The predicted octanol–water partition coefficient (Wildman–Crippen LogP) is -0.733. The van der Waals surface area contributed by atoms with Crippen LogP contribution in [0.1, 0.15) is 15.9 Å². The lowest BCUT2D eigenvalue weighted by molar-refractivity contribution is 0.0281. The van der Waals surface area contributed by atoms with E-state index in [4.69, 9.17) is 20.0 Å². The standard InChI is InChI=1S/C13H17BN2O8/c17-11-7(3-4-14(21)22)1-2-9(10(11)12(18)19)24-8-5-16(6-8)13(20)15-23/h1-2,8,17,21-23H,3-6H2,(H,15,20)(H,18,19). The Morgan fingerprint density at radius 3 is 2.54 bits per heavy atom. The van der Waals surface area contributed by atoms with Crippen molar-refractivity contribution in [2.45, 2.75) is 18.8 Å². The van der Waals surface area contributed by atoms with Gasteiger partial charge in [0, 0.05) is 0 Å². The number of aromatic carboxylic acids is 1. The number of rotatable bonds is 6. The number of ether oxygens (including phenoxy) is 1. The van der Waals surface area contributed by atoms with Crippen LogP contribution in [0.25, 0.3) is 0 Å². The van der Waals surface area contributed by atoms with Crippen LogP contribution in [-0.4, -0.2) is 68.7 Å². The number of hydroxylamine groups is 1. The van der Waals surface area contributed by atoms with Gasteiger partial charge in [0.2, 0.25) is 0 Å². The normalized spacial score (nSPS) is 14.0. The first-order chi connectivity index (χ1) is 11.3. The number of carboxylic acids is 1. The molecule has 0 aromatic heterocycles. The summed E-state index contributed by atoms with van der Waals surface area (Å²) in [6, 6.07) is 2.13. The second kappa shape index (κ2) is 7.38. The van der Waals surface area contributed by atoms with Crippen LogP contribution in [0.2, 0.25) is 6.32 Å². The highest BCUT2D eigenvalue weighted by molar-refractivity contribution is 6.41. The van der Waals surface area contributed by atoms with E-state index >= 15 is 0 Å². The van der Waals surface area contributed by atoms with Crippen LogP contribution >= 0.6 is 0 Å². The molecule has 0 atom stereocenters. The molecule has 1 fully saturated rings. The van der Waals surface area contributed by atoms with E-state index in [0.717, 1.165) is 0 Å². The minimum absolute atomic E-state index is 0.0534. The maximum atomic E-state index is 11.4. The topological polar surface area (TPSA) is 160 Å². The SMILES string of the molecule is O=C(O)c1c(OC2CN(C(=O)NO)C2)ccc(CCB(O)O)c1O. The van der Waals surface area contributed by atoms with Gasteiger partial charge in [-0.25, -0.2) is 15.1 Å². The van der Waals surface area contributed by atoms with Crippen LogP contribution in [0.15, 0.2) is 12.1 Å². The third kappa shape index (κ3) is 3.88. The maximum Gasteiger partial charge on any atom is 0.451 e. The Bertz CT molecular complexity index is 633. The summed E-state index contributed by atoms with van der Waals surface area (Å²) in [4.78, 5) is 23.8. The number of nitrogens with one attached hydrogen (secondary N) is 1. The molecular weight excluding hydrogens is 323 g/mol. The van der Waals surface area contributed by atoms with Crippen LogP contribution in [0.3, 0.4) is 0 Å². The molecule has 0 spiro atoms. The molecule has 6 N–H and O–H groups in total. The molecule has 1 aromatic carbocycles. The summed E-state index contributed by atoms with van der Waals surface area (Å²) in [5.74, 6) is -1.94. The van der Waals surface area contributed by atoms with E-state index in [9.17, 15) is 19.8 Å². The zero-order chi connectivity index (χ0) is 17.9. The number of hydrogen-bond donors (Lipinski definition) is 6. The van der Waals surface area contributed by atoms with E-state index in [1.165, 1.54) is 22.5 Å². The Morgan fingerprint density at radius 1 is 1.33 bits per heavy atom. The van der Waals surface area contributed by atoms with Crippen molar-refractivity contribution in [1.29, 1.82) is 0 Å². The molecule has 10 nitrogen and oxygen atoms in total. The van der Waals surface area contributed by atoms with Gasteiger partial charge in [-0.05, 0) is 24.4 Å². The average molecular weight is 340 g/mol. The molecule has 1 aliphatic heterocycles. The molecule has 0 saturated carbocycles. The number of carbonyl (C=O) groups excluding carboxylic acids is 1. The second-order valence-electron chi connectivity index (χ2n) is 5.33. The molecule has 1 heterocycles. The predicted molar refractivity (Wildman–Crippen MR) is 80.1 cm³/mol. The second-order valence-corrected chi connectivity index (χ2v) is 5.33. The first kappa shape index (κ1) is 17.9. The number of amides is 2. The Labute approximate surface area is 137 Å². The van der Waals surface area contributed by atoms with Crippen molar-refractivity contribution in [3.63, 3.8) is 0 Å². The average Bonchev–Trinajstić information content (AvgIpc) is 2.48. The van der Waals surface area contributed by atoms with Crippen molar-refractivity contribution in [1.82, 2.24) is 10.4 Å². The van der Waals surface area contributed by atoms with Crippen molar-refractivity contribution in [3.05, 3.63) is 23.3 Å². The van der Waals surface area contributed by atoms with Crippen molar-refractivity contribution >= 4 is 19.1 Å².